The number of nitrogens with zero attached hydrogens (tertiary/aromatic N) is 1. The number of aliphatic hydroxyl groups excluding tert-OH is 1. The molecule has 2 aromatic carbocycles. The topological polar surface area (TPSA) is 57.6 Å². The van der Waals surface area contributed by atoms with Gasteiger partial charge in [0.25, 0.3) is 0 Å². The van der Waals surface area contributed by atoms with Gasteiger partial charge in [-0.3, -0.25) is 0 Å². The summed E-state index contributed by atoms with van der Waals surface area (Å²) in [7, 11) is -3.67. The molecule has 0 radical (unpaired) electrons. The van der Waals surface area contributed by atoms with Gasteiger partial charge in [-0.15, -0.1) is 0 Å². The summed E-state index contributed by atoms with van der Waals surface area (Å²) >= 11 is 3.37. The van der Waals surface area contributed by atoms with Crippen molar-refractivity contribution in [1.82, 2.24) is 4.31 Å². The Balaban J connectivity index is 2.24. The minimum absolute atomic E-state index is 0.0576. The van der Waals surface area contributed by atoms with Gasteiger partial charge in [0.15, 0.2) is 0 Å². The fraction of sp³-hybridized carbons (Fsp3) is 0.200. The molecule has 2 aromatic rings. The maximum atomic E-state index is 12.9. The first kappa shape index (κ1) is 20.4. The molecule has 0 fully saturated rings. The van der Waals surface area contributed by atoms with Crippen molar-refractivity contribution in [3.63, 3.8) is 0 Å². The van der Waals surface area contributed by atoms with E-state index in [1.54, 1.807) is 30.3 Å². The average Bonchev–Trinajstić information content (AvgIpc) is 2.62. The van der Waals surface area contributed by atoms with E-state index in [0.717, 1.165) is 15.6 Å². The largest absolute Gasteiger partial charge is 0.392 e. The van der Waals surface area contributed by atoms with Crippen LogP contribution in [0.5, 0.6) is 0 Å². The van der Waals surface area contributed by atoms with Gasteiger partial charge in [0.2, 0.25) is 10.0 Å². The minimum atomic E-state index is -3.67. The summed E-state index contributed by atoms with van der Waals surface area (Å²) in [5, 5.41) is 8.89. The van der Waals surface area contributed by atoms with E-state index in [2.05, 4.69) is 27.8 Å². The van der Waals surface area contributed by atoms with Crippen LogP contribution in [0, 0.1) is 18.8 Å². The van der Waals surface area contributed by atoms with E-state index < -0.39 is 10.0 Å². The van der Waals surface area contributed by atoms with Gasteiger partial charge in [0.1, 0.15) is 0 Å². The van der Waals surface area contributed by atoms with Crippen molar-refractivity contribution >= 4 is 26.0 Å². The molecule has 0 saturated heterocycles. The molecule has 136 valence electrons. The Morgan fingerprint density at radius 3 is 2.35 bits per heavy atom. The molecule has 6 heteroatoms. The third-order valence-corrected chi connectivity index (χ3v) is 5.93. The van der Waals surface area contributed by atoms with Crippen LogP contribution in [0.3, 0.4) is 0 Å². The van der Waals surface area contributed by atoms with Gasteiger partial charge in [-0.2, -0.15) is 4.31 Å². The normalized spacial score (nSPS) is 11.5. The van der Waals surface area contributed by atoms with Crippen LogP contribution in [-0.4, -0.2) is 37.5 Å². The van der Waals surface area contributed by atoms with Crippen LogP contribution in [0.15, 0.2) is 70.1 Å². The second-order valence-electron chi connectivity index (χ2n) is 5.57. The van der Waals surface area contributed by atoms with E-state index in [9.17, 15) is 8.42 Å². The average molecular weight is 434 g/mol. The lowest BCUT2D eigenvalue weighted by Crippen LogP contribution is -2.31. The number of aliphatic hydroxyl groups is 1. The van der Waals surface area contributed by atoms with Crippen LogP contribution < -0.4 is 0 Å². The lowest BCUT2D eigenvalue weighted by molar-refractivity contribution is 0.342. The predicted octanol–water partition coefficient (Wildman–Crippen LogP) is 3.35. The number of hydrogen-bond acceptors (Lipinski definition) is 3. The Kier molecular flexibility index (Phi) is 7.61. The number of aryl methyl sites for hydroxylation is 1. The van der Waals surface area contributed by atoms with E-state index in [1.165, 1.54) is 10.4 Å². The minimum Gasteiger partial charge on any atom is -0.392 e. The second-order valence-corrected chi connectivity index (χ2v) is 8.43. The summed E-state index contributed by atoms with van der Waals surface area (Å²) in [5.41, 5.74) is 1.80. The zero-order valence-electron chi connectivity index (χ0n) is 14.4. The highest BCUT2D eigenvalue weighted by molar-refractivity contribution is 9.10. The molecule has 0 saturated carbocycles. The first-order valence-corrected chi connectivity index (χ1v) is 10.2. The molecule has 0 aliphatic heterocycles. The number of benzene rings is 2. The van der Waals surface area contributed by atoms with Crippen LogP contribution in [0.2, 0.25) is 0 Å². The summed E-state index contributed by atoms with van der Waals surface area (Å²) in [5.74, 6) is 5.90. The molecule has 4 nitrogen and oxygen atoms in total. The first-order valence-electron chi connectivity index (χ1n) is 8.00. The van der Waals surface area contributed by atoms with Crippen LogP contribution in [0.25, 0.3) is 0 Å². The molecule has 26 heavy (non-hydrogen) atoms. The highest BCUT2D eigenvalue weighted by Crippen LogP contribution is 2.16. The molecule has 0 heterocycles. The Bertz CT molecular complexity index is 908. The van der Waals surface area contributed by atoms with Crippen molar-refractivity contribution in [3.8, 4) is 11.8 Å². The lowest BCUT2D eigenvalue weighted by Gasteiger charge is -2.18. The van der Waals surface area contributed by atoms with Gasteiger partial charge in [0.05, 0.1) is 18.0 Å². The molecule has 0 unspecified atom stereocenters. The van der Waals surface area contributed by atoms with Crippen molar-refractivity contribution in [2.24, 2.45) is 0 Å². The number of hydrogen-bond donors (Lipinski definition) is 1. The summed E-state index contributed by atoms with van der Waals surface area (Å²) in [6, 6.07) is 14.2. The zero-order valence-corrected chi connectivity index (χ0v) is 16.8. The van der Waals surface area contributed by atoms with Gasteiger partial charge in [-0.25, -0.2) is 8.42 Å². The van der Waals surface area contributed by atoms with Gasteiger partial charge >= 0.3 is 0 Å². The summed E-state index contributed by atoms with van der Waals surface area (Å²) < 4.78 is 28.0. The molecule has 0 bridgehead atoms. The smallest absolute Gasteiger partial charge is 0.244 e. The van der Waals surface area contributed by atoms with Crippen LogP contribution in [0.4, 0.5) is 0 Å². The SMILES string of the molecule is Cc1ccc(S(=O)(=O)N(CC#Cc2ccc(Br)cc2)C/C=C\CO)cc1. The Labute approximate surface area is 163 Å². The van der Waals surface area contributed by atoms with E-state index in [0.29, 0.717) is 0 Å². The predicted molar refractivity (Wildman–Crippen MR) is 107 cm³/mol. The van der Waals surface area contributed by atoms with Crippen molar-refractivity contribution in [3.05, 3.63) is 76.3 Å². The fourth-order valence-corrected chi connectivity index (χ4v) is 3.70. The summed E-state index contributed by atoms with van der Waals surface area (Å²) in [4.78, 5) is 0.228. The molecular weight excluding hydrogens is 414 g/mol. The third kappa shape index (κ3) is 5.82. The first-order chi connectivity index (χ1) is 12.4. The summed E-state index contributed by atoms with van der Waals surface area (Å²) in [6.07, 6.45) is 3.13. The van der Waals surface area contributed by atoms with E-state index in [4.69, 9.17) is 5.11 Å². The van der Waals surface area contributed by atoms with Gasteiger partial charge in [-0.05, 0) is 43.3 Å². The monoisotopic (exact) mass is 433 g/mol. The molecule has 2 rings (SSSR count). The number of sulfonamides is 1. The molecular formula is C20H20BrNO3S. The van der Waals surface area contributed by atoms with Gasteiger partial charge in [0, 0.05) is 16.6 Å². The van der Waals surface area contributed by atoms with E-state index >= 15 is 0 Å². The summed E-state index contributed by atoms with van der Waals surface area (Å²) in [6.45, 7) is 1.97. The molecule has 0 atom stereocenters. The Morgan fingerprint density at radius 1 is 1.08 bits per heavy atom. The highest BCUT2D eigenvalue weighted by atomic mass is 79.9. The molecule has 0 aliphatic carbocycles. The van der Waals surface area contributed by atoms with Crippen LogP contribution in [-0.2, 0) is 10.0 Å². The van der Waals surface area contributed by atoms with Crippen LogP contribution >= 0.6 is 15.9 Å². The highest BCUT2D eigenvalue weighted by Gasteiger charge is 2.22. The standard InChI is InChI=1S/C20H20BrNO3S/c1-17-6-12-20(13-7-17)26(24,25)22(14-2-3-16-23)15-4-5-18-8-10-19(21)11-9-18/h2-3,6-13,23H,14-16H2,1H3/b3-2-. The Morgan fingerprint density at radius 2 is 1.73 bits per heavy atom. The molecule has 0 aliphatic rings. The zero-order chi connectivity index (χ0) is 19.0. The number of halogens is 1. The van der Waals surface area contributed by atoms with Crippen molar-refractivity contribution in [2.75, 3.05) is 19.7 Å². The quantitative estimate of drug-likeness (QED) is 0.561. The lowest BCUT2D eigenvalue weighted by atomic mass is 10.2. The molecule has 0 spiro atoms. The maximum Gasteiger partial charge on any atom is 0.244 e. The van der Waals surface area contributed by atoms with Crippen molar-refractivity contribution in [2.45, 2.75) is 11.8 Å². The van der Waals surface area contributed by atoms with Gasteiger partial charge in [-0.1, -0.05) is 57.6 Å². The van der Waals surface area contributed by atoms with E-state index in [1.807, 2.05) is 31.2 Å². The number of rotatable bonds is 6. The van der Waals surface area contributed by atoms with Gasteiger partial charge < -0.3 is 5.11 Å². The fourth-order valence-electron chi connectivity index (χ4n) is 2.14. The molecule has 1 N–H and O–H groups in total. The second kappa shape index (κ2) is 9.70. The maximum absolute atomic E-state index is 12.9. The van der Waals surface area contributed by atoms with E-state index in [-0.39, 0.29) is 24.6 Å². The van der Waals surface area contributed by atoms with Crippen molar-refractivity contribution in [1.29, 1.82) is 0 Å². The van der Waals surface area contributed by atoms with Crippen LogP contribution in [0.1, 0.15) is 11.1 Å². The molecule has 0 aromatic heterocycles. The molecule has 0 amide bonds. The van der Waals surface area contributed by atoms with Crippen molar-refractivity contribution < 1.29 is 13.5 Å². The third-order valence-electron chi connectivity index (χ3n) is 3.57. The Hall–Kier alpha value is -1.91.